The zero-order chi connectivity index (χ0) is 13.7. The Kier molecular flexibility index (Phi) is 4.89. The molecule has 0 spiro atoms. The highest BCUT2D eigenvalue weighted by Gasteiger charge is 2.28. The molecule has 0 bridgehead atoms. The summed E-state index contributed by atoms with van der Waals surface area (Å²) in [6.45, 7) is 5.67. The number of aliphatic carboxylic acids is 1. The topological polar surface area (TPSA) is 57.6 Å². The fourth-order valence-corrected chi connectivity index (χ4v) is 2.01. The molecule has 4 nitrogen and oxygen atoms in total. The lowest BCUT2D eigenvalue weighted by Crippen LogP contribution is -2.38. The summed E-state index contributed by atoms with van der Waals surface area (Å²) in [7, 11) is 0. The summed E-state index contributed by atoms with van der Waals surface area (Å²) in [5, 5.41) is 9.37. The number of hydrogen-bond acceptors (Lipinski definition) is 2. The summed E-state index contributed by atoms with van der Waals surface area (Å²) in [5.41, 5.74) is 1.63. The Morgan fingerprint density at radius 1 is 1.39 bits per heavy atom. The fraction of sp³-hybridized carbons (Fsp3) is 0.429. The van der Waals surface area contributed by atoms with Crippen LogP contribution in [0.1, 0.15) is 37.4 Å². The van der Waals surface area contributed by atoms with Gasteiger partial charge in [0.25, 0.3) is 0 Å². The van der Waals surface area contributed by atoms with E-state index in [0.717, 1.165) is 12.0 Å². The summed E-state index contributed by atoms with van der Waals surface area (Å²) in [5.74, 6) is -1.21. The van der Waals surface area contributed by atoms with Crippen molar-refractivity contribution in [2.45, 2.75) is 33.2 Å². The predicted octanol–water partition coefficient (Wildman–Crippen LogP) is 2.38. The van der Waals surface area contributed by atoms with Crippen molar-refractivity contribution < 1.29 is 14.7 Å². The van der Waals surface area contributed by atoms with Crippen molar-refractivity contribution in [3.05, 3.63) is 35.4 Å². The van der Waals surface area contributed by atoms with Crippen LogP contribution in [0.25, 0.3) is 0 Å². The van der Waals surface area contributed by atoms with Crippen LogP contribution in [0, 0.1) is 6.92 Å². The second-order valence-corrected chi connectivity index (χ2v) is 4.37. The second-order valence-electron chi connectivity index (χ2n) is 4.37. The smallest absolute Gasteiger partial charge is 0.331 e. The summed E-state index contributed by atoms with van der Waals surface area (Å²) < 4.78 is 0. The van der Waals surface area contributed by atoms with Crippen LogP contribution in [0.4, 0.5) is 0 Å². The Bertz CT molecular complexity index is 442. The molecule has 0 saturated carbocycles. The molecule has 0 saturated heterocycles. The number of carboxylic acid groups (broad SMARTS) is 1. The van der Waals surface area contributed by atoms with Gasteiger partial charge < -0.3 is 10.0 Å². The first-order valence-electron chi connectivity index (χ1n) is 6.04. The van der Waals surface area contributed by atoms with E-state index >= 15 is 0 Å². The van der Waals surface area contributed by atoms with Gasteiger partial charge in [0.15, 0.2) is 6.04 Å². The maximum Gasteiger partial charge on any atom is 0.331 e. The fourth-order valence-electron chi connectivity index (χ4n) is 2.01. The molecule has 1 unspecified atom stereocenters. The number of rotatable bonds is 5. The monoisotopic (exact) mass is 249 g/mol. The molecular formula is C14H19NO3. The van der Waals surface area contributed by atoms with E-state index in [0.29, 0.717) is 12.1 Å². The van der Waals surface area contributed by atoms with Gasteiger partial charge in [-0.2, -0.15) is 0 Å². The van der Waals surface area contributed by atoms with Gasteiger partial charge in [-0.15, -0.1) is 0 Å². The molecule has 1 amide bonds. The van der Waals surface area contributed by atoms with E-state index in [-0.39, 0.29) is 5.91 Å². The van der Waals surface area contributed by atoms with Gasteiger partial charge in [-0.05, 0) is 18.9 Å². The van der Waals surface area contributed by atoms with Crippen LogP contribution in [0.3, 0.4) is 0 Å². The lowest BCUT2D eigenvalue weighted by atomic mass is 10.0. The molecular weight excluding hydrogens is 230 g/mol. The molecule has 4 heteroatoms. The zero-order valence-electron chi connectivity index (χ0n) is 11.0. The number of hydrogen-bond donors (Lipinski definition) is 1. The highest BCUT2D eigenvalue weighted by Crippen LogP contribution is 2.22. The number of amides is 1. The van der Waals surface area contributed by atoms with Crippen molar-refractivity contribution in [1.82, 2.24) is 4.90 Å². The zero-order valence-corrected chi connectivity index (χ0v) is 11.0. The van der Waals surface area contributed by atoms with Crippen molar-refractivity contribution in [3.63, 3.8) is 0 Å². The SMILES string of the molecule is CCCN(C(C)=O)C(C(=O)O)c1cccc(C)c1. The third kappa shape index (κ3) is 3.32. The van der Waals surface area contributed by atoms with Crippen LogP contribution in [0.2, 0.25) is 0 Å². The average molecular weight is 249 g/mol. The minimum absolute atomic E-state index is 0.217. The van der Waals surface area contributed by atoms with Gasteiger partial charge in [0.2, 0.25) is 5.91 Å². The highest BCUT2D eigenvalue weighted by molar-refractivity contribution is 5.83. The number of carbonyl (C=O) groups excluding carboxylic acids is 1. The number of benzene rings is 1. The largest absolute Gasteiger partial charge is 0.479 e. The third-order valence-corrected chi connectivity index (χ3v) is 2.77. The van der Waals surface area contributed by atoms with Crippen LogP contribution in [0.5, 0.6) is 0 Å². The molecule has 18 heavy (non-hydrogen) atoms. The molecule has 1 aromatic rings. The molecule has 0 heterocycles. The molecule has 0 radical (unpaired) electrons. The van der Waals surface area contributed by atoms with Crippen LogP contribution in [0.15, 0.2) is 24.3 Å². The highest BCUT2D eigenvalue weighted by atomic mass is 16.4. The predicted molar refractivity (Wildman–Crippen MR) is 69.2 cm³/mol. The molecule has 1 aromatic carbocycles. The van der Waals surface area contributed by atoms with Gasteiger partial charge in [0, 0.05) is 13.5 Å². The molecule has 0 fully saturated rings. The van der Waals surface area contributed by atoms with Crippen molar-refractivity contribution in [1.29, 1.82) is 0 Å². The van der Waals surface area contributed by atoms with Gasteiger partial charge in [-0.1, -0.05) is 36.8 Å². The number of carbonyl (C=O) groups is 2. The Hall–Kier alpha value is -1.84. The second kappa shape index (κ2) is 6.19. The standard InChI is InChI=1S/C14H19NO3/c1-4-8-15(11(3)16)13(14(17)18)12-7-5-6-10(2)9-12/h5-7,9,13H,4,8H2,1-3H3,(H,17,18). The first kappa shape index (κ1) is 14.2. The van der Waals surface area contributed by atoms with Gasteiger partial charge in [0.1, 0.15) is 0 Å². The van der Waals surface area contributed by atoms with Gasteiger partial charge in [0.05, 0.1) is 0 Å². The van der Waals surface area contributed by atoms with Crippen LogP contribution in [-0.4, -0.2) is 28.4 Å². The van der Waals surface area contributed by atoms with E-state index in [1.54, 1.807) is 6.07 Å². The molecule has 1 atom stereocenters. The minimum Gasteiger partial charge on any atom is -0.479 e. The van der Waals surface area contributed by atoms with E-state index in [2.05, 4.69) is 0 Å². The Balaban J connectivity index is 3.15. The molecule has 98 valence electrons. The average Bonchev–Trinajstić information content (AvgIpc) is 2.27. The van der Waals surface area contributed by atoms with Crippen molar-refractivity contribution >= 4 is 11.9 Å². The number of aryl methyl sites for hydroxylation is 1. The van der Waals surface area contributed by atoms with Crippen LogP contribution < -0.4 is 0 Å². The van der Waals surface area contributed by atoms with Gasteiger partial charge >= 0.3 is 5.97 Å². The molecule has 0 aromatic heterocycles. The van der Waals surface area contributed by atoms with Crippen LogP contribution >= 0.6 is 0 Å². The van der Waals surface area contributed by atoms with E-state index in [1.165, 1.54) is 11.8 Å². The van der Waals surface area contributed by atoms with E-state index in [9.17, 15) is 14.7 Å². The molecule has 1 rings (SSSR count). The van der Waals surface area contributed by atoms with Crippen molar-refractivity contribution in [2.75, 3.05) is 6.54 Å². The summed E-state index contributed by atoms with van der Waals surface area (Å²) in [6.07, 6.45) is 0.731. The maximum absolute atomic E-state index is 11.6. The van der Waals surface area contributed by atoms with Crippen molar-refractivity contribution in [3.8, 4) is 0 Å². The lowest BCUT2D eigenvalue weighted by molar-refractivity contribution is -0.149. The quantitative estimate of drug-likeness (QED) is 0.871. The maximum atomic E-state index is 11.6. The first-order chi connectivity index (χ1) is 8.47. The summed E-state index contributed by atoms with van der Waals surface area (Å²) in [4.78, 5) is 24.4. The first-order valence-corrected chi connectivity index (χ1v) is 6.04. The van der Waals surface area contributed by atoms with E-state index in [4.69, 9.17) is 0 Å². The lowest BCUT2D eigenvalue weighted by Gasteiger charge is -2.28. The normalized spacial score (nSPS) is 11.9. The minimum atomic E-state index is -0.996. The Morgan fingerprint density at radius 2 is 2.06 bits per heavy atom. The van der Waals surface area contributed by atoms with Gasteiger partial charge in [-0.3, -0.25) is 4.79 Å². The van der Waals surface area contributed by atoms with Crippen LogP contribution in [-0.2, 0) is 9.59 Å². The molecule has 0 aliphatic heterocycles. The van der Waals surface area contributed by atoms with Crippen molar-refractivity contribution in [2.24, 2.45) is 0 Å². The molecule has 0 aliphatic rings. The van der Waals surface area contributed by atoms with E-state index < -0.39 is 12.0 Å². The Morgan fingerprint density at radius 3 is 2.50 bits per heavy atom. The van der Waals surface area contributed by atoms with Gasteiger partial charge in [-0.25, -0.2) is 4.79 Å². The summed E-state index contributed by atoms with van der Waals surface area (Å²) >= 11 is 0. The Labute approximate surface area is 107 Å². The number of nitrogens with zero attached hydrogens (tertiary/aromatic N) is 1. The molecule has 1 N–H and O–H groups in total. The van der Waals surface area contributed by atoms with E-state index in [1.807, 2.05) is 32.0 Å². The third-order valence-electron chi connectivity index (χ3n) is 2.77. The summed E-state index contributed by atoms with van der Waals surface area (Å²) in [6, 6.07) is 6.37. The molecule has 0 aliphatic carbocycles. The number of carboxylic acids is 1.